The molecule has 22 heavy (non-hydrogen) atoms. The first-order valence-corrected chi connectivity index (χ1v) is 8.68. The molecule has 3 rings (SSSR count). The summed E-state index contributed by atoms with van der Waals surface area (Å²) in [4.78, 5) is 0.310. The van der Waals surface area contributed by atoms with Crippen LogP contribution in [-0.2, 0) is 14.6 Å². The van der Waals surface area contributed by atoms with Gasteiger partial charge in [0.25, 0.3) is 0 Å². The molecule has 0 saturated heterocycles. The van der Waals surface area contributed by atoms with Crippen LogP contribution in [-0.4, -0.2) is 32.9 Å². The van der Waals surface area contributed by atoms with Gasteiger partial charge in [-0.25, -0.2) is 8.42 Å². The predicted molar refractivity (Wildman–Crippen MR) is 85.4 cm³/mol. The minimum Gasteiger partial charge on any atom is -0.383 e. The fraction of sp³-hybridized carbons (Fsp3) is 0.294. The molecule has 0 heterocycles. The maximum atomic E-state index is 12.9. The molecule has 2 aromatic carbocycles. The van der Waals surface area contributed by atoms with Gasteiger partial charge in [0.15, 0.2) is 9.84 Å². The van der Waals surface area contributed by atoms with Crippen molar-refractivity contribution in [2.24, 2.45) is 5.73 Å². The van der Waals surface area contributed by atoms with Crippen LogP contribution in [0.3, 0.4) is 0 Å². The minimum absolute atomic E-state index is 0.212. The smallest absolute Gasteiger partial charge is 0.183 e. The lowest BCUT2D eigenvalue weighted by molar-refractivity contribution is 0.171. The zero-order valence-corrected chi connectivity index (χ0v) is 13.2. The lowest BCUT2D eigenvalue weighted by Crippen LogP contribution is -2.35. The molecule has 1 saturated carbocycles. The van der Waals surface area contributed by atoms with Crippen molar-refractivity contribution >= 4 is 9.84 Å². The summed E-state index contributed by atoms with van der Waals surface area (Å²) in [5, 5.41) is -0.662. The Labute approximate surface area is 130 Å². The first-order chi connectivity index (χ1) is 10.5. The van der Waals surface area contributed by atoms with Gasteiger partial charge in [-0.2, -0.15) is 0 Å². The van der Waals surface area contributed by atoms with E-state index in [1.54, 1.807) is 37.4 Å². The van der Waals surface area contributed by atoms with Crippen LogP contribution >= 0.6 is 0 Å². The molecule has 1 fully saturated rings. The Bertz CT molecular complexity index is 746. The average Bonchev–Trinajstić information content (AvgIpc) is 3.16. The van der Waals surface area contributed by atoms with Crippen LogP contribution in [0.5, 0.6) is 0 Å². The van der Waals surface area contributed by atoms with Gasteiger partial charge in [0.2, 0.25) is 0 Å². The number of ether oxygens (including phenoxy) is 1. The summed E-state index contributed by atoms with van der Waals surface area (Å²) in [7, 11) is -1.96. The molecule has 116 valence electrons. The Hall–Kier alpha value is -1.69. The zero-order valence-electron chi connectivity index (χ0n) is 12.3. The highest BCUT2D eigenvalue weighted by Gasteiger charge is 2.69. The lowest BCUT2D eigenvalue weighted by atomic mass is 10.1. The van der Waals surface area contributed by atoms with E-state index in [1.807, 2.05) is 30.3 Å². The minimum atomic E-state index is -3.50. The Balaban J connectivity index is 2.02. The molecule has 2 aromatic rings. The summed E-state index contributed by atoms with van der Waals surface area (Å²) in [6, 6.07) is 18.0. The lowest BCUT2D eigenvalue weighted by Gasteiger charge is -2.11. The summed E-state index contributed by atoms with van der Waals surface area (Å²) in [5.74, 6) is -0.251. The van der Waals surface area contributed by atoms with Gasteiger partial charge in [0.05, 0.1) is 22.3 Å². The quantitative estimate of drug-likeness (QED) is 0.915. The van der Waals surface area contributed by atoms with E-state index in [4.69, 9.17) is 10.5 Å². The third kappa shape index (κ3) is 2.35. The van der Waals surface area contributed by atoms with Gasteiger partial charge >= 0.3 is 0 Å². The Morgan fingerprint density at radius 2 is 1.59 bits per heavy atom. The molecule has 0 aliphatic heterocycles. The van der Waals surface area contributed by atoms with Gasteiger partial charge in [-0.3, -0.25) is 0 Å². The number of sulfone groups is 1. The van der Waals surface area contributed by atoms with Crippen LogP contribution in [0.4, 0.5) is 0 Å². The summed E-state index contributed by atoms with van der Waals surface area (Å²) in [5.41, 5.74) is 6.45. The number of rotatable bonds is 5. The normalized spacial score (nSPS) is 27.5. The third-order valence-corrected chi connectivity index (χ3v) is 6.57. The van der Waals surface area contributed by atoms with Crippen LogP contribution in [0.15, 0.2) is 65.6 Å². The molecule has 2 N–H and O–H groups in total. The second kappa shape index (κ2) is 5.50. The molecule has 0 radical (unpaired) electrons. The first-order valence-electron chi connectivity index (χ1n) is 7.13. The predicted octanol–water partition coefficient (Wildman–Crippen LogP) is 1.97. The van der Waals surface area contributed by atoms with Crippen LogP contribution in [0.25, 0.3) is 0 Å². The largest absolute Gasteiger partial charge is 0.383 e. The standard InChI is InChI=1S/C17H19NO3S/c1-21-12-17(18)15(13-8-4-2-5-9-13)16(17)22(19,20)14-10-6-3-7-11-14/h2-11,15-16H,12,18H2,1H3/t15-,16+,17-/m0/s1. The van der Waals surface area contributed by atoms with Crippen LogP contribution in [0.1, 0.15) is 11.5 Å². The van der Waals surface area contributed by atoms with Gasteiger partial charge in [-0.1, -0.05) is 48.5 Å². The molecular formula is C17H19NO3S. The van der Waals surface area contributed by atoms with E-state index >= 15 is 0 Å². The van der Waals surface area contributed by atoms with Gasteiger partial charge in [0.1, 0.15) is 0 Å². The van der Waals surface area contributed by atoms with Crippen molar-refractivity contribution in [3.63, 3.8) is 0 Å². The molecule has 1 aliphatic rings. The molecule has 0 amide bonds. The molecule has 4 nitrogen and oxygen atoms in total. The molecule has 0 unspecified atom stereocenters. The maximum Gasteiger partial charge on any atom is 0.183 e. The number of hydrogen-bond donors (Lipinski definition) is 1. The van der Waals surface area contributed by atoms with E-state index in [9.17, 15) is 8.42 Å². The van der Waals surface area contributed by atoms with E-state index in [2.05, 4.69) is 0 Å². The molecule has 1 aliphatic carbocycles. The van der Waals surface area contributed by atoms with Crippen molar-refractivity contribution in [1.82, 2.24) is 0 Å². The Morgan fingerprint density at radius 1 is 1.05 bits per heavy atom. The van der Waals surface area contributed by atoms with Crippen LogP contribution in [0.2, 0.25) is 0 Å². The molecule has 0 aromatic heterocycles. The summed E-state index contributed by atoms with van der Waals surface area (Å²) >= 11 is 0. The monoisotopic (exact) mass is 317 g/mol. The van der Waals surface area contributed by atoms with Crippen molar-refractivity contribution in [1.29, 1.82) is 0 Å². The topological polar surface area (TPSA) is 69.4 Å². The fourth-order valence-electron chi connectivity index (χ4n) is 3.22. The van der Waals surface area contributed by atoms with Gasteiger partial charge in [-0.05, 0) is 17.7 Å². The molecule has 5 heteroatoms. The fourth-order valence-corrected chi connectivity index (χ4v) is 5.53. The van der Waals surface area contributed by atoms with Crippen molar-refractivity contribution in [3.05, 3.63) is 66.2 Å². The maximum absolute atomic E-state index is 12.9. The number of nitrogens with two attached hydrogens (primary N) is 1. The number of benzene rings is 2. The molecule has 0 bridgehead atoms. The van der Waals surface area contributed by atoms with E-state index < -0.39 is 20.6 Å². The van der Waals surface area contributed by atoms with E-state index in [1.165, 1.54) is 0 Å². The van der Waals surface area contributed by atoms with Crippen LogP contribution in [0, 0.1) is 0 Å². The van der Waals surface area contributed by atoms with E-state index in [0.29, 0.717) is 4.90 Å². The highest BCUT2D eigenvalue weighted by molar-refractivity contribution is 7.92. The highest BCUT2D eigenvalue weighted by Crippen LogP contribution is 2.55. The molecule has 3 atom stereocenters. The van der Waals surface area contributed by atoms with Crippen molar-refractivity contribution < 1.29 is 13.2 Å². The average molecular weight is 317 g/mol. The number of hydrogen-bond acceptors (Lipinski definition) is 4. The van der Waals surface area contributed by atoms with E-state index in [0.717, 1.165) is 5.56 Å². The van der Waals surface area contributed by atoms with Crippen LogP contribution < -0.4 is 5.73 Å². The molecular weight excluding hydrogens is 298 g/mol. The van der Waals surface area contributed by atoms with Crippen molar-refractivity contribution in [2.45, 2.75) is 21.6 Å². The van der Waals surface area contributed by atoms with E-state index in [-0.39, 0.29) is 12.5 Å². The summed E-state index contributed by atoms with van der Waals surface area (Å²) < 4.78 is 31.1. The Morgan fingerprint density at radius 3 is 2.14 bits per heavy atom. The second-order valence-corrected chi connectivity index (χ2v) is 7.78. The third-order valence-electron chi connectivity index (χ3n) is 4.26. The first kappa shape index (κ1) is 15.2. The zero-order chi connectivity index (χ0) is 15.8. The second-order valence-electron chi connectivity index (χ2n) is 5.71. The SMILES string of the molecule is COC[C@@]1(N)[C@H](S(=O)(=O)c2ccccc2)[C@@H]1c1ccccc1. The van der Waals surface area contributed by atoms with Crippen molar-refractivity contribution in [3.8, 4) is 0 Å². The van der Waals surface area contributed by atoms with Gasteiger partial charge in [-0.15, -0.1) is 0 Å². The number of methoxy groups -OCH3 is 1. The van der Waals surface area contributed by atoms with Crippen molar-refractivity contribution in [2.75, 3.05) is 13.7 Å². The molecule has 0 spiro atoms. The highest BCUT2D eigenvalue weighted by atomic mass is 32.2. The summed E-state index contributed by atoms with van der Waals surface area (Å²) in [6.07, 6.45) is 0. The van der Waals surface area contributed by atoms with Gasteiger partial charge < -0.3 is 10.5 Å². The Kier molecular flexibility index (Phi) is 3.80. The summed E-state index contributed by atoms with van der Waals surface area (Å²) in [6.45, 7) is 0.212. The van der Waals surface area contributed by atoms with Gasteiger partial charge in [0, 0.05) is 13.0 Å².